The molecule has 2 amide bonds. The average molecular weight is 441 g/mol. The van der Waals surface area contributed by atoms with E-state index in [9.17, 15) is 18.8 Å². The summed E-state index contributed by atoms with van der Waals surface area (Å²) in [4.78, 5) is 45.2. The summed E-state index contributed by atoms with van der Waals surface area (Å²) in [5.41, 5.74) is 1.80. The Kier molecular flexibility index (Phi) is 6.41. The van der Waals surface area contributed by atoms with Gasteiger partial charge >= 0.3 is 0 Å². The lowest BCUT2D eigenvalue weighted by atomic mass is 9.95. The highest BCUT2D eigenvalue weighted by atomic mass is 19.1. The molecule has 170 valence electrons. The Morgan fingerprint density at radius 3 is 2.47 bits per heavy atom. The summed E-state index contributed by atoms with van der Waals surface area (Å²) in [6.45, 7) is 5.49. The summed E-state index contributed by atoms with van der Waals surface area (Å²) in [6.07, 6.45) is 3.42. The lowest BCUT2D eigenvalue weighted by Crippen LogP contribution is -2.43. The Morgan fingerprint density at radius 1 is 1.00 bits per heavy atom. The molecule has 7 nitrogen and oxygen atoms in total. The molecule has 0 aliphatic carbocycles. The lowest BCUT2D eigenvalue weighted by Gasteiger charge is -2.31. The van der Waals surface area contributed by atoms with Crippen LogP contribution in [0.25, 0.3) is 5.69 Å². The van der Waals surface area contributed by atoms with E-state index in [1.54, 1.807) is 16.0 Å². The molecule has 0 spiro atoms. The number of hydrogen-bond donors (Lipinski definition) is 0. The molecular formula is C24H29FN4O3. The molecule has 0 unspecified atom stereocenters. The molecule has 8 heteroatoms. The molecule has 4 rings (SSSR count). The Hall–Kier alpha value is -3.00. The van der Waals surface area contributed by atoms with E-state index in [1.807, 2.05) is 14.0 Å². The second-order valence-corrected chi connectivity index (χ2v) is 8.53. The van der Waals surface area contributed by atoms with Gasteiger partial charge in [-0.05, 0) is 61.8 Å². The summed E-state index contributed by atoms with van der Waals surface area (Å²) in [5.74, 6) is -0.614. The predicted octanol–water partition coefficient (Wildman–Crippen LogP) is 2.05. The number of aromatic nitrogens is 1. The molecule has 2 aromatic rings. The van der Waals surface area contributed by atoms with Crippen molar-refractivity contribution < 1.29 is 14.0 Å². The van der Waals surface area contributed by atoms with Crippen molar-refractivity contribution in [2.24, 2.45) is 0 Å². The summed E-state index contributed by atoms with van der Waals surface area (Å²) in [6, 6.07) is 5.63. The molecule has 3 heterocycles. The maximum absolute atomic E-state index is 13.6. The fourth-order valence-corrected chi connectivity index (χ4v) is 4.51. The molecule has 2 aliphatic rings. The zero-order valence-corrected chi connectivity index (χ0v) is 18.6. The van der Waals surface area contributed by atoms with Gasteiger partial charge in [-0.1, -0.05) is 6.92 Å². The van der Waals surface area contributed by atoms with Crippen LogP contribution in [0.1, 0.15) is 41.3 Å². The molecular weight excluding hydrogens is 411 g/mol. The predicted molar refractivity (Wildman–Crippen MR) is 119 cm³/mol. The van der Waals surface area contributed by atoms with Gasteiger partial charge in [0.15, 0.2) is 0 Å². The Morgan fingerprint density at radius 2 is 1.75 bits per heavy atom. The number of halogens is 1. The minimum Gasteiger partial charge on any atom is -0.338 e. The maximum atomic E-state index is 13.6. The first-order valence-electron chi connectivity index (χ1n) is 11.2. The normalized spacial score (nSPS) is 17.1. The van der Waals surface area contributed by atoms with Crippen molar-refractivity contribution >= 4 is 11.8 Å². The van der Waals surface area contributed by atoms with Gasteiger partial charge in [-0.15, -0.1) is 0 Å². The van der Waals surface area contributed by atoms with Gasteiger partial charge in [0.2, 0.25) is 5.91 Å². The van der Waals surface area contributed by atoms with E-state index in [0.29, 0.717) is 44.7 Å². The molecule has 1 aromatic carbocycles. The molecule has 0 saturated carbocycles. The standard InChI is InChI=1S/C24H29FN4O3/c1-3-21(30)28-12-9-20-17(15-28)16-29(19-7-5-18(25)6-8-19)24(32)22(20)23(31)27-11-4-10-26(2)13-14-27/h5-8,16H,3-4,9-15H2,1-2H3. The van der Waals surface area contributed by atoms with Crippen molar-refractivity contribution in [2.75, 3.05) is 39.8 Å². The second-order valence-electron chi connectivity index (χ2n) is 8.53. The topological polar surface area (TPSA) is 65.9 Å². The van der Waals surface area contributed by atoms with Gasteiger partial charge in [0.25, 0.3) is 11.5 Å². The number of likely N-dealkylation sites (N-methyl/N-ethyl adjacent to an activating group) is 1. The van der Waals surface area contributed by atoms with E-state index in [1.165, 1.54) is 28.8 Å². The Labute approximate surface area is 187 Å². The van der Waals surface area contributed by atoms with Crippen molar-refractivity contribution in [3.05, 3.63) is 63.3 Å². The molecule has 0 atom stereocenters. The monoisotopic (exact) mass is 440 g/mol. The third kappa shape index (κ3) is 4.32. The van der Waals surface area contributed by atoms with Crippen LogP contribution < -0.4 is 5.56 Å². The summed E-state index contributed by atoms with van der Waals surface area (Å²) in [5, 5.41) is 0. The molecule has 0 radical (unpaired) electrons. The molecule has 0 bridgehead atoms. The molecule has 1 fully saturated rings. The Bertz CT molecular complexity index is 1080. The number of rotatable bonds is 3. The van der Waals surface area contributed by atoms with Gasteiger partial charge in [0, 0.05) is 51.0 Å². The van der Waals surface area contributed by atoms with E-state index in [0.717, 1.165) is 30.6 Å². The smallest absolute Gasteiger partial charge is 0.268 e. The number of pyridine rings is 1. The number of hydrogen-bond acceptors (Lipinski definition) is 4. The quantitative estimate of drug-likeness (QED) is 0.733. The van der Waals surface area contributed by atoms with Crippen LogP contribution in [-0.4, -0.2) is 70.9 Å². The van der Waals surface area contributed by atoms with E-state index < -0.39 is 11.4 Å². The summed E-state index contributed by atoms with van der Waals surface area (Å²) >= 11 is 0. The third-order valence-corrected chi connectivity index (χ3v) is 6.38. The highest BCUT2D eigenvalue weighted by molar-refractivity contribution is 5.96. The summed E-state index contributed by atoms with van der Waals surface area (Å²) in [7, 11) is 2.03. The van der Waals surface area contributed by atoms with Gasteiger partial charge in [0.1, 0.15) is 11.4 Å². The van der Waals surface area contributed by atoms with E-state index in [2.05, 4.69) is 4.90 Å². The molecule has 1 aromatic heterocycles. The van der Waals surface area contributed by atoms with Crippen molar-refractivity contribution in [1.29, 1.82) is 0 Å². The van der Waals surface area contributed by atoms with Gasteiger partial charge in [-0.25, -0.2) is 4.39 Å². The minimum absolute atomic E-state index is 0.0404. The van der Waals surface area contributed by atoms with Gasteiger partial charge in [0.05, 0.1) is 0 Å². The first-order valence-corrected chi connectivity index (χ1v) is 11.2. The SMILES string of the molecule is CCC(=O)N1CCc2c(cn(-c3ccc(F)cc3)c(=O)c2C(=O)N2CCCN(C)CC2)C1. The van der Waals surface area contributed by atoms with E-state index in [-0.39, 0.29) is 17.4 Å². The van der Waals surface area contributed by atoms with Crippen LogP contribution in [0.5, 0.6) is 0 Å². The number of benzene rings is 1. The van der Waals surface area contributed by atoms with E-state index in [4.69, 9.17) is 0 Å². The second kappa shape index (κ2) is 9.24. The van der Waals surface area contributed by atoms with Crippen LogP contribution >= 0.6 is 0 Å². The molecule has 32 heavy (non-hydrogen) atoms. The zero-order chi connectivity index (χ0) is 22.8. The van der Waals surface area contributed by atoms with Crippen LogP contribution in [0.2, 0.25) is 0 Å². The van der Waals surface area contributed by atoms with Gasteiger partial charge < -0.3 is 14.7 Å². The van der Waals surface area contributed by atoms with E-state index >= 15 is 0 Å². The van der Waals surface area contributed by atoms with Crippen LogP contribution in [0.4, 0.5) is 4.39 Å². The maximum Gasteiger partial charge on any atom is 0.268 e. The number of fused-ring (bicyclic) bond motifs is 1. The van der Waals surface area contributed by atoms with Crippen LogP contribution in [0, 0.1) is 5.82 Å². The molecule has 1 saturated heterocycles. The lowest BCUT2D eigenvalue weighted by molar-refractivity contribution is -0.131. The highest BCUT2D eigenvalue weighted by Gasteiger charge is 2.30. The third-order valence-electron chi connectivity index (χ3n) is 6.38. The minimum atomic E-state index is -0.399. The number of carbonyl (C=O) groups excluding carboxylic acids is 2. The number of nitrogens with zero attached hydrogens (tertiary/aromatic N) is 4. The van der Waals surface area contributed by atoms with Crippen LogP contribution in [0.3, 0.4) is 0 Å². The first kappa shape index (κ1) is 22.2. The average Bonchev–Trinajstić information content (AvgIpc) is 3.02. The molecule has 2 aliphatic heterocycles. The van der Waals surface area contributed by atoms with Crippen LogP contribution in [0.15, 0.2) is 35.3 Å². The summed E-state index contributed by atoms with van der Waals surface area (Å²) < 4.78 is 14.9. The fraction of sp³-hybridized carbons (Fsp3) is 0.458. The number of amides is 2. The highest BCUT2D eigenvalue weighted by Crippen LogP contribution is 2.24. The fourth-order valence-electron chi connectivity index (χ4n) is 4.51. The van der Waals surface area contributed by atoms with Crippen molar-refractivity contribution in [3.63, 3.8) is 0 Å². The molecule has 0 N–H and O–H groups in total. The Balaban J connectivity index is 1.81. The largest absolute Gasteiger partial charge is 0.338 e. The van der Waals surface area contributed by atoms with Gasteiger partial charge in [-0.3, -0.25) is 19.0 Å². The van der Waals surface area contributed by atoms with Gasteiger partial charge in [-0.2, -0.15) is 0 Å². The first-order chi connectivity index (χ1) is 15.4. The van der Waals surface area contributed by atoms with Crippen molar-refractivity contribution in [3.8, 4) is 5.69 Å². The van der Waals surface area contributed by atoms with Crippen molar-refractivity contribution in [1.82, 2.24) is 19.3 Å². The number of carbonyl (C=O) groups is 2. The van der Waals surface area contributed by atoms with Crippen molar-refractivity contribution in [2.45, 2.75) is 32.7 Å². The van der Waals surface area contributed by atoms with Crippen LogP contribution in [-0.2, 0) is 17.8 Å². The zero-order valence-electron chi connectivity index (χ0n) is 18.6.